The number of imide groups is 1. The molecule has 0 bridgehead atoms. The number of carbonyl (C=O) groups is 5. The van der Waals surface area contributed by atoms with Crippen LogP contribution in [0, 0.1) is 17.5 Å². The lowest BCUT2D eigenvalue weighted by Crippen LogP contribution is -2.35. The molecule has 0 unspecified atom stereocenters. The number of halogens is 3. The number of nitrogens with zero attached hydrogens (tertiary/aromatic N) is 1. The van der Waals surface area contributed by atoms with Crippen molar-refractivity contribution >= 4 is 35.4 Å². The minimum Gasteiger partial charge on any atom is -0.452 e. The number of rotatable bonds is 8. The summed E-state index contributed by atoms with van der Waals surface area (Å²) in [5.41, 5.74) is -0.0769. The van der Waals surface area contributed by atoms with Gasteiger partial charge in [-0.15, -0.1) is 0 Å². The third-order valence-corrected chi connectivity index (χ3v) is 4.53. The molecule has 2 aromatic carbocycles. The highest BCUT2D eigenvalue weighted by Crippen LogP contribution is 2.19. The number of benzene rings is 2. The number of carbonyl (C=O) groups excluding carboxylic acids is 5. The summed E-state index contributed by atoms with van der Waals surface area (Å²) in [6, 6.07) is 6.78. The van der Waals surface area contributed by atoms with E-state index in [1.807, 2.05) is 5.32 Å². The fraction of sp³-hybridized carbons (Fsp3) is 0.190. The van der Waals surface area contributed by atoms with Gasteiger partial charge < -0.3 is 20.7 Å². The molecule has 0 atom stereocenters. The van der Waals surface area contributed by atoms with Crippen LogP contribution in [0.15, 0.2) is 36.4 Å². The van der Waals surface area contributed by atoms with Gasteiger partial charge in [-0.25, -0.2) is 22.8 Å². The fourth-order valence-electron chi connectivity index (χ4n) is 2.86. The predicted molar refractivity (Wildman–Crippen MR) is 109 cm³/mol. The summed E-state index contributed by atoms with van der Waals surface area (Å²) in [5, 5.41) is 6.46. The van der Waals surface area contributed by atoms with Crippen LogP contribution in [0.2, 0.25) is 0 Å². The molecule has 0 spiro atoms. The number of nitrogens with one attached hydrogen (secondary N) is 3. The quantitative estimate of drug-likeness (QED) is 0.295. The van der Waals surface area contributed by atoms with E-state index in [9.17, 15) is 37.1 Å². The van der Waals surface area contributed by atoms with E-state index in [-0.39, 0.29) is 18.7 Å². The first kappa shape index (κ1) is 24.2. The molecule has 3 rings (SSSR count). The molecule has 1 aliphatic heterocycles. The molecule has 34 heavy (non-hydrogen) atoms. The molecule has 13 heteroatoms. The first-order valence-corrected chi connectivity index (χ1v) is 9.70. The van der Waals surface area contributed by atoms with E-state index < -0.39 is 66.0 Å². The molecular weight excluding hydrogens is 461 g/mol. The van der Waals surface area contributed by atoms with Crippen LogP contribution in [0.5, 0.6) is 0 Å². The van der Waals surface area contributed by atoms with Gasteiger partial charge in [0.25, 0.3) is 5.91 Å². The maximum absolute atomic E-state index is 13.6. The zero-order valence-corrected chi connectivity index (χ0v) is 17.3. The van der Waals surface area contributed by atoms with E-state index in [4.69, 9.17) is 4.74 Å². The number of amides is 5. The second kappa shape index (κ2) is 10.5. The van der Waals surface area contributed by atoms with Crippen molar-refractivity contribution in [2.75, 3.05) is 25.0 Å². The van der Waals surface area contributed by atoms with E-state index in [0.717, 1.165) is 11.0 Å². The van der Waals surface area contributed by atoms with Gasteiger partial charge >= 0.3 is 12.0 Å². The molecule has 2 aromatic rings. The van der Waals surface area contributed by atoms with E-state index in [0.29, 0.717) is 11.6 Å². The molecule has 178 valence electrons. The van der Waals surface area contributed by atoms with Crippen LogP contribution in [0.1, 0.15) is 15.9 Å². The van der Waals surface area contributed by atoms with Gasteiger partial charge in [0, 0.05) is 0 Å². The zero-order chi connectivity index (χ0) is 24.8. The Kier molecular flexibility index (Phi) is 7.46. The summed E-state index contributed by atoms with van der Waals surface area (Å²) in [5.74, 6) is -7.85. The van der Waals surface area contributed by atoms with Gasteiger partial charge in [0.05, 0.1) is 30.9 Å². The van der Waals surface area contributed by atoms with Crippen molar-refractivity contribution in [3.05, 3.63) is 65.0 Å². The van der Waals surface area contributed by atoms with E-state index in [1.54, 1.807) is 6.07 Å². The lowest BCUT2D eigenvalue weighted by molar-refractivity contribution is -0.126. The highest BCUT2D eigenvalue weighted by atomic mass is 19.2. The number of esters is 1. The van der Waals surface area contributed by atoms with Crippen molar-refractivity contribution in [3.63, 3.8) is 0 Å². The number of urea groups is 1. The average Bonchev–Trinajstić information content (AvgIpc) is 3.13. The van der Waals surface area contributed by atoms with Gasteiger partial charge in [0.15, 0.2) is 24.1 Å². The SMILES string of the molecule is O=C(COC(=O)c1cccc(CN2C(=O)CNC2=O)c1)NCC(=O)Nc1ccc(F)c(F)c1F. The summed E-state index contributed by atoms with van der Waals surface area (Å²) in [4.78, 5) is 60.1. The first-order valence-electron chi connectivity index (χ1n) is 9.70. The molecule has 0 radical (unpaired) electrons. The monoisotopic (exact) mass is 478 g/mol. The van der Waals surface area contributed by atoms with Gasteiger partial charge in [0.2, 0.25) is 11.8 Å². The Balaban J connectivity index is 1.46. The molecule has 0 aromatic heterocycles. The van der Waals surface area contributed by atoms with Crippen LogP contribution < -0.4 is 16.0 Å². The van der Waals surface area contributed by atoms with Crippen molar-refractivity contribution < 1.29 is 41.9 Å². The highest BCUT2D eigenvalue weighted by molar-refractivity contribution is 6.02. The molecule has 3 N–H and O–H groups in total. The predicted octanol–water partition coefficient (Wildman–Crippen LogP) is 1.07. The number of anilines is 1. The van der Waals surface area contributed by atoms with Crippen molar-refractivity contribution in [3.8, 4) is 0 Å². The Labute approximate surface area is 190 Å². The Morgan fingerprint density at radius 3 is 2.50 bits per heavy atom. The van der Waals surface area contributed by atoms with Gasteiger partial charge in [-0.3, -0.25) is 19.3 Å². The minimum atomic E-state index is -1.76. The van der Waals surface area contributed by atoms with Gasteiger partial charge in [-0.1, -0.05) is 12.1 Å². The third-order valence-electron chi connectivity index (χ3n) is 4.53. The number of hydrogen-bond donors (Lipinski definition) is 3. The molecule has 10 nitrogen and oxygen atoms in total. The maximum atomic E-state index is 13.6. The standard InChI is InChI=1S/C21H17F3N4O6/c22-13-4-5-14(19(24)18(13)23)27-15(29)7-25-16(30)10-34-20(32)12-3-1-2-11(6-12)9-28-17(31)8-26-21(28)33/h1-6H,7-10H2,(H,25,30)(H,26,33)(H,27,29). The van der Waals surface area contributed by atoms with Crippen LogP contribution in [-0.4, -0.2) is 54.3 Å². The summed E-state index contributed by atoms with van der Waals surface area (Å²) in [6.07, 6.45) is 0. The molecule has 1 fully saturated rings. The second-order valence-corrected chi connectivity index (χ2v) is 6.96. The smallest absolute Gasteiger partial charge is 0.338 e. The molecule has 1 aliphatic rings. The van der Waals surface area contributed by atoms with Crippen molar-refractivity contribution in [2.24, 2.45) is 0 Å². The first-order chi connectivity index (χ1) is 16.2. The normalized spacial score (nSPS) is 12.9. The molecule has 5 amide bonds. The summed E-state index contributed by atoms with van der Waals surface area (Å²) >= 11 is 0. The Morgan fingerprint density at radius 2 is 1.79 bits per heavy atom. The Bertz CT molecular complexity index is 1160. The summed E-state index contributed by atoms with van der Waals surface area (Å²) in [7, 11) is 0. The van der Waals surface area contributed by atoms with E-state index in [2.05, 4.69) is 10.6 Å². The van der Waals surface area contributed by atoms with Crippen molar-refractivity contribution in [1.29, 1.82) is 0 Å². The average molecular weight is 478 g/mol. The number of ether oxygens (including phenoxy) is 1. The zero-order valence-electron chi connectivity index (χ0n) is 17.3. The fourth-order valence-corrected chi connectivity index (χ4v) is 2.86. The van der Waals surface area contributed by atoms with Crippen LogP contribution in [0.4, 0.5) is 23.7 Å². The Hall–Kier alpha value is -4.42. The molecule has 0 aliphatic carbocycles. The van der Waals surface area contributed by atoms with Crippen LogP contribution in [-0.2, 0) is 25.7 Å². The van der Waals surface area contributed by atoms with Crippen LogP contribution in [0.25, 0.3) is 0 Å². The molecule has 0 saturated carbocycles. The Morgan fingerprint density at radius 1 is 1.03 bits per heavy atom. The number of hydrogen-bond acceptors (Lipinski definition) is 6. The van der Waals surface area contributed by atoms with Gasteiger partial charge in [0.1, 0.15) is 0 Å². The lowest BCUT2D eigenvalue weighted by atomic mass is 10.1. The largest absolute Gasteiger partial charge is 0.452 e. The van der Waals surface area contributed by atoms with E-state index >= 15 is 0 Å². The third kappa shape index (κ3) is 5.88. The second-order valence-electron chi connectivity index (χ2n) is 6.96. The minimum absolute atomic E-state index is 0.0556. The topological polar surface area (TPSA) is 134 Å². The lowest BCUT2D eigenvalue weighted by Gasteiger charge is -2.13. The van der Waals surface area contributed by atoms with Crippen molar-refractivity contribution in [1.82, 2.24) is 15.5 Å². The van der Waals surface area contributed by atoms with Gasteiger partial charge in [-0.2, -0.15) is 0 Å². The molecule has 1 heterocycles. The van der Waals surface area contributed by atoms with E-state index in [1.165, 1.54) is 18.2 Å². The molecule has 1 saturated heterocycles. The van der Waals surface area contributed by atoms with Crippen LogP contribution in [0.3, 0.4) is 0 Å². The maximum Gasteiger partial charge on any atom is 0.338 e. The summed E-state index contributed by atoms with van der Waals surface area (Å²) < 4.78 is 44.5. The molecular formula is C21H17F3N4O6. The van der Waals surface area contributed by atoms with Crippen molar-refractivity contribution in [2.45, 2.75) is 6.54 Å². The summed E-state index contributed by atoms with van der Waals surface area (Å²) in [6.45, 7) is -1.57. The highest BCUT2D eigenvalue weighted by Gasteiger charge is 2.28. The van der Waals surface area contributed by atoms with Crippen LogP contribution >= 0.6 is 0 Å². The van der Waals surface area contributed by atoms with Gasteiger partial charge in [-0.05, 0) is 29.8 Å².